The lowest BCUT2D eigenvalue weighted by Gasteiger charge is -2.39. The van der Waals surface area contributed by atoms with Crippen molar-refractivity contribution in [3.05, 3.63) is 47.0 Å². The summed E-state index contributed by atoms with van der Waals surface area (Å²) in [5, 5.41) is 9.18. The van der Waals surface area contributed by atoms with E-state index < -0.39 is 5.41 Å². The monoisotopic (exact) mass is 253 g/mol. The molecular formula is C17H19NO. The first-order valence-electron chi connectivity index (χ1n) is 6.53. The maximum absolute atomic E-state index is 12.2. The van der Waals surface area contributed by atoms with E-state index in [-0.39, 0.29) is 11.2 Å². The van der Waals surface area contributed by atoms with Crippen LogP contribution < -0.4 is 0 Å². The van der Waals surface area contributed by atoms with Crippen LogP contribution >= 0.6 is 0 Å². The van der Waals surface area contributed by atoms with Crippen LogP contribution in [0.4, 0.5) is 0 Å². The predicted molar refractivity (Wildman–Crippen MR) is 75.6 cm³/mol. The number of benzene rings is 1. The molecule has 1 aliphatic rings. The van der Waals surface area contributed by atoms with Crippen LogP contribution in [0.1, 0.15) is 38.3 Å². The molecule has 2 nitrogen and oxygen atoms in total. The summed E-state index contributed by atoms with van der Waals surface area (Å²) in [5.74, 6) is -0.0420. The topological polar surface area (TPSA) is 40.9 Å². The molecule has 1 aromatic rings. The molecule has 0 saturated heterocycles. The predicted octanol–water partition coefficient (Wildman–Crippen LogP) is 3.70. The summed E-state index contributed by atoms with van der Waals surface area (Å²) in [6.45, 7) is 8.00. The number of hydrogen-bond acceptors (Lipinski definition) is 2. The van der Waals surface area contributed by atoms with Crippen LogP contribution in [0.5, 0.6) is 0 Å². The average molecular weight is 253 g/mol. The second kappa shape index (κ2) is 4.35. The normalized spacial score (nSPS) is 25.6. The maximum atomic E-state index is 12.2. The van der Waals surface area contributed by atoms with Crippen molar-refractivity contribution < 1.29 is 4.79 Å². The van der Waals surface area contributed by atoms with Gasteiger partial charge < -0.3 is 0 Å². The first-order valence-corrected chi connectivity index (χ1v) is 6.53. The number of carbonyl (C=O) groups excluding carboxylic acids is 1. The van der Waals surface area contributed by atoms with E-state index in [0.29, 0.717) is 5.57 Å². The molecule has 0 fully saturated rings. The standard InChI is InChI=1S/C17H19NO/c1-12-5-7-14(8-6-12)17(4)9-13(10-18)15(19)16(2,3)11-17/h5-9H,11H2,1-4H3. The Balaban J connectivity index is 2.55. The number of ketones is 1. The Labute approximate surface area is 114 Å². The number of allylic oxidation sites excluding steroid dienone is 2. The van der Waals surface area contributed by atoms with Gasteiger partial charge in [0.15, 0.2) is 5.78 Å². The summed E-state index contributed by atoms with van der Waals surface area (Å²) in [5.41, 5.74) is 1.92. The zero-order valence-electron chi connectivity index (χ0n) is 11.9. The van der Waals surface area contributed by atoms with Gasteiger partial charge in [-0.05, 0) is 18.9 Å². The van der Waals surface area contributed by atoms with E-state index in [1.165, 1.54) is 5.56 Å². The minimum Gasteiger partial charge on any atom is -0.293 e. The smallest absolute Gasteiger partial charge is 0.178 e. The Hall–Kier alpha value is -1.88. The highest BCUT2D eigenvalue weighted by molar-refractivity contribution is 6.04. The van der Waals surface area contributed by atoms with Crippen molar-refractivity contribution in [1.82, 2.24) is 0 Å². The molecule has 0 aromatic heterocycles. The van der Waals surface area contributed by atoms with E-state index >= 15 is 0 Å². The summed E-state index contributed by atoms with van der Waals surface area (Å²) in [6.07, 6.45) is 2.57. The van der Waals surface area contributed by atoms with Crippen molar-refractivity contribution in [2.45, 2.75) is 39.5 Å². The van der Waals surface area contributed by atoms with Crippen LogP contribution in [0.3, 0.4) is 0 Å². The van der Waals surface area contributed by atoms with Crippen LogP contribution in [0.25, 0.3) is 0 Å². The number of aryl methyl sites for hydroxylation is 1. The van der Waals surface area contributed by atoms with E-state index in [1.54, 1.807) is 0 Å². The van der Waals surface area contributed by atoms with E-state index in [4.69, 9.17) is 0 Å². The van der Waals surface area contributed by atoms with Crippen LogP contribution in [-0.4, -0.2) is 5.78 Å². The van der Waals surface area contributed by atoms with E-state index in [9.17, 15) is 10.1 Å². The molecule has 19 heavy (non-hydrogen) atoms. The molecule has 0 N–H and O–H groups in total. The SMILES string of the molecule is Cc1ccc(C2(C)C=C(C#N)C(=O)C(C)(C)C2)cc1. The lowest BCUT2D eigenvalue weighted by atomic mass is 9.63. The number of nitrogens with zero attached hydrogens (tertiary/aromatic N) is 1. The molecular weight excluding hydrogens is 234 g/mol. The molecule has 0 aliphatic heterocycles. The molecule has 0 amide bonds. The molecule has 1 aliphatic carbocycles. The van der Waals surface area contributed by atoms with Gasteiger partial charge in [-0.3, -0.25) is 4.79 Å². The van der Waals surface area contributed by atoms with E-state index in [2.05, 4.69) is 44.2 Å². The van der Waals surface area contributed by atoms with Crippen LogP contribution in [-0.2, 0) is 10.2 Å². The molecule has 98 valence electrons. The maximum Gasteiger partial charge on any atom is 0.178 e. The third-order valence-corrected chi connectivity index (χ3v) is 3.96. The first kappa shape index (κ1) is 13.5. The molecule has 1 aromatic carbocycles. The lowest BCUT2D eigenvalue weighted by molar-refractivity contribution is -0.124. The number of Topliss-reactive ketones (excluding diaryl/α,β-unsaturated/α-hetero) is 1. The molecule has 2 rings (SSSR count). The average Bonchev–Trinajstić information content (AvgIpc) is 2.34. The highest BCUT2D eigenvalue weighted by atomic mass is 16.1. The second-order valence-electron chi connectivity index (χ2n) is 6.34. The number of carbonyl (C=O) groups is 1. The summed E-state index contributed by atoms with van der Waals surface area (Å²) in [4.78, 5) is 12.2. The molecule has 2 heteroatoms. The van der Waals surface area contributed by atoms with Gasteiger partial charge in [0, 0.05) is 10.8 Å². The third kappa shape index (κ3) is 2.33. The Morgan fingerprint density at radius 2 is 1.74 bits per heavy atom. The van der Waals surface area contributed by atoms with Gasteiger partial charge in [-0.25, -0.2) is 0 Å². The summed E-state index contributed by atoms with van der Waals surface area (Å²) in [6, 6.07) is 10.4. The van der Waals surface area contributed by atoms with Gasteiger partial charge in [0.2, 0.25) is 0 Å². The molecule has 0 bridgehead atoms. The molecule has 0 spiro atoms. The van der Waals surface area contributed by atoms with Crippen LogP contribution in [0, 0.1) is 23.7 Å². The fourth-order valence-electron chi connectivity index (χ4n) is 3.00. The number of nitriles is 1. The van der Waals surface area contributed by atoms with Crippen molar-refractivity contribution >= 4 is 5.78 Å². The highest BCUT2D eigenvalue weighted by Gasteiger charge is 2.43. The van der Waals surface area contributed by atoms with Gasteiger partial charge in [0.1, 0.15) is 6.07 Å². The second-order valence-corrected chi connectivity index (χ2v) is 6.34. The zero-order chi connectivity index (χ0) is 14.3. The molecule has 1 unspecified atom stereocenters. The van der Waals surface area contributed by atoms with E-state index in [0.717, 1.165) is 12.0 Å². The lowest BCUT2D eigenvalue weighted by Crippen LogP contribution is -2.39. The van der Waals surface area contributed by atoms with Crippen LogP contribution in [0.15, 0.2) is 35.9 Å². The highest BCUT2D eigenvalue weighted by Crippen LogP contribution is 2.44. The van der Waals surface area contributed by atoms with Crippen molar-refractivity contribution in [3.63, 3.8) is 0 Å². The van der Waals surface area contributed by atoms with Gasteiger partial charge in [-0.15, -0.1) is 0 Å². The van der Waals surface area contributed by atoms with Crippen LogP contribution in [0.2, 0.25) is 0 Å². The van der Waals surface area contributed by atoms with Crippen molar-refractivity contribution in [2.75, 3.05) is 0 Å². The van der Waals surface area contributed by atoms with Gasteiger partial charge >= 0.3 is 0 Å². The molecule has 0 radical (unpaired) electrons. The first-order chi connectivity index (χ1) is 8.78. The van der Waals surface area contributed by atoms with Crippen molar-refractivity contribution in [3.8, 4) is 6.07 Å². The van der Waals surface area contributed by atoms with E-state index in [1.807, 2.05) is 19.9 Å². The zero-order valence-corrected chi connectivity index (χ0v) is 11.9. The minimum atomic E-state index is -0.487. The Bertz CT molecular complexity index is 587. The Kier molecular flexibility index (Phi) is 3.10. The molecule has 0 saturated carbocycles. The molecule has 0 heterocycles. The fraction of sp³-hybridized carbons (Fsp3) is 0.412. The third-order valence-electron chi connectivity index (χ3n) is 3.96. The van der Waals surface area contributed by atoms with Crippen molar-refractivity contribution in [1.29, 1.82) is 5.26 Å². The van der Waals surface area contributed by atoms with Crippen molar-refractivity contribution in [2.24, 2.45) is 5.41 Å². The van der Waals surface area contributed by atoms with Gasteiger partial charge in [0.05, 0.1) is 5.57 Å². The Morgan fingerprint density at radius 1 is 1.16 bits per heavy atom. The summed E-state index contributed by atoms with van der Waals surface area (Å²) >= 11 is 0. The minimum absolute atomic E-state index is 0.0420. The summed E-state index contributed by atoms with van der Waals surface area (Å²) < 4.78 is 0. The molecule has 1 atom stereocenters. The largest absolute Gasteiger partial charge is 0.293 e. The number of rotatable bonds is 1. The fourth-order valence-corrected chi connectivity index (χ4v) is 3.00. The number of hydrogen-bond donors (Lipinski definition) is 0. The van der Waals surface area contributed by atoms with Gasteiger partial charge in [-0.2, -0.15) is 5.26 Å². The quantitative estimate of drug-likeness (QED) is 0.765. The summed E-state index contributed by atoms with van der Waals surface area (Å²) in [7, 11) is 0. The van der Waals surface area contributed by atoms with Gasteiger partial charge in [0.25, 0.3) is 0 Å². The Morgan fingerprint density at radius 3 is 2.26 bits per heavy atom. The van der Waals surface area contributed by atoms with Gasteiger partial charge in [-0.1, -0.05) is 56.7 Å².